The molecule has 0 aliphatic rings. The molecule has 0 spiro atoms. The fourth-order valence-electron chi connectivity index (χ4n) is 11.3. The molecule has 12 aromatic rings. The summed E-state index contributed by atoms with van der Waals surface area (Å²) >= 11 is 1.72. The summed E-state index contributed by atoms with van der Waals surface area (Å²) < 4.78 is 45.3. The molecule has 93 heavy (non-hydrogen) atoms. The van der Waals surface area contributed by atoms with E-state index in [0.29, 0.717) is 0 Å². The lowest BCUT2D eigenvalue weighted by Gasteiger charge is -2.28. The van der Waals surface area contributed by atoms with Crippen molar-refractivity contribution in [2.45, 2.75) is 9.79 Å². The third kappa shape index (κ3) is 13.7. The van der Waals surface area contributed by atoms with Crippen LogP contribution in [0.5, 0.6) is 46.0 Å². The lowest BCUT2D eigenvalue weighted by molar-refractivity contribution is 0.414. The normalized spacial score (nSPS) is 10.8. The van der Waals surface area contributed by atoms with Gasteiger partial charge in [-0.2, -0.15) is 0 Å². The largest absolute Gasteiger partial charge is 0.497 e. The van der Waals surface area contributed by atoms with Gasteiger partial charge in [-0.05, 0) is 277 Å². The second kappa shape index (κ2) is 28.6. The summed E-state index contributed by atoms with van der Waals surface area (Å²) in [6, 6.07) is 96.1. The van der Waals surface area contributed by atoms with E-state index < -0.39 is 0 Å². The molecule has 0 aliphatic carbocycles. The van der Waals surface area contributed by atoms with Crippen LogP contribution in [0.25, 0.3) is 22.3 Å². The zero-order valence-corrected chi connectivity index (χ0v) is 53.8. The van der Waals surface area contributed by atoms with Gasteiger partial charge in [-0.15, -0.1) is 0 Å². The van der Waals surface area contributed by atoms with Crippen LogP contribution >= 0.6 is 11.8 Å². The van der Waals surface area contributed by atoms with Crippen molar-refractivity contribution in [1.82, 2.24) is 0 Å². The number of methoxy groups -OCH3 is 8. The van der Waals surface area contributed by atoms with E-state index in [1.165, 1.54) is 0 Å². The van der Waals surface area contributed by atoms with E-state index in [1.54, 1.807) is 68.6 Å². The van der Waals surface area contributed by atoms with Crippen molar-refractivity contribution < 1.29 is 37.9 Å². The van der Waals surface area contributed by atoms with Crippen LogP contribution in [0.2, 0.25) is 0 Å². The maximum atomic E-state index is 5.68. The molecule has 464 valence electrons. The van der Waals surface area contributed by atoms with E-state index in [9.17, 15) is 0 Å². The van der Waals surface area contributed by atoms with Crippen LogP contribution in [0.1, 0.15) is 0 Å². The molecule has 0 N–H and O–H groups in total. The van der Waals surface area contributed by atoms with Gasteiger partial charge in [-0.3, -0.25) is 0 Å². The molecule has 12 rings (SSSR count). The van der Waals surface area contributed by atoms with Crippen LogP contribution in [-0.4, -0.2) is 56.9 Å². The number of rotatable bonds is 24. The summed E-state index contributed by atoms with van der Waals surface area (Å²) in [7, 11) is 13.5. The van der Waals surface area contributed by atoms with Crippen LogP contribution in [-0.2, 0) is 0 Å². The topological polar surface area (TPSA) is 86.8 Å². The number of ether oxygens (including phenoxy) is 8. The van der Waals surface area contributed by atoms with E-state index in [0.717, 1.165) is 146 Å². The quantitative estimate of drug-likeness (QED) is 0.0576. The third-order valence-electron chi connectivity index (χ3n) is 16.1. The highest BCUT2D eigenvalue weighted by atomic mass is 32.2. The molecule has 12 aromatic carbocycles. The van der Waals surface area contributed by atoms with Gasteiger partial charge in [0.1, 0.15) is 46.0 Å². The predicted octanol–water partition coefficient (Wildman–Crippen LogP) is 21.1. The highest BCUT2D eigenvalue weighted by molar-refractivity contribution is 7.99. The Kier molecular flexibility index (Phi) is 19.0. The molecular formula is C80H70N4O8S. The Balaban J connectivity index is 1.08. The zero-order chi connectivity index (χ0) is 64.2. The number of benzene rings is 12. The molecule has 0 amide bonds. The number of hydrogen-bond donors (Lipinski definition) is 0. The first-order chi connectivity index (χ1) is 45.7. The van der Waals surface area contributed by atoms with Crippen LogP contribution in [0.4, 0.5) is 68.2 Å². The average Bonchev–Trinajstić information content (AvgIpc) is 0.907. The Morgan fingerprint density at radius 3 is 0.570 bits per heavy atom. The molecule has 0 saturated heterocycles. The molecule has 0 aromatic heterocycles. The Hall–Kier alpha value is -11.4. The Labute approximate surface area is 548 Å². The third-order valence-corrected chi connectivity index (χ3v) is 17.3. The van der Waals surface area contributed by atoms with Gasteiger partial charge in [-0.1, -0.05) is 36.0 Å². The molecule has 0 fully saturated rings. The summed E-state index contributed by atoms with van der Waals surface area (Å²) in [4.78, 5) is 11.1. The lowest BCUT2D eigenvalue weighted by atomic mass is 10.0. The summed E-state index contributed by atoms with van der Waals surface area (Å²) in [5, 5.41) is 0. The van der Waals surface area contributed by atoms with Crippen molar-refractivity contribution in [2.24, 2.45) is 0 Å². The molecule has 0 radical (unpaired) electrons. The number of anilines is 12. The molecule has 13 heteroatoms. The van der Waals surface area contributed by atoms with Gasteiger partial charge in [0.05, 0.1) is 56.9 Å². The summed E-state index contributed by atoms with van der Waals surface area (Å²) in [5.74, 6) is 6.08. The first kappa shape index (κ1) is 61.8. The van der Waals surface area contributed by atoms with Gasteiger partial charge in [-0.25, -0.2) is 0 Å². The van der Waals surface area contributed by atoms with Crippen molar-refractivity contribution in [2.75, 3.05) is 76.5 Å². The van der Waals surface area contributed by atoms with Gasteiger partial charge in [0, 0.05) is 78.0 Å². The average molecular weight is 1250 g/mol. The van der Waals surface area contributed by atoms with Crippen LogP contribution in [0.15, 0.2) is 289 Å². The minimum absolute atomic E-state index is 0.758. The van der Waals surface area contributed by atoms with E-state index >= 15 is 0 Å². The van der Waals surface area contributed by atoms with E-state index in [2.05, 4.69) is 202 Å². The molecule has 0 atom stereocenters. The highest BCUT2D eigenvalue weighted by Crippen LogP contribution is 2.49. The molecule has 0 heterocycles. The van der Waals surface area contributed by atoms with Crippen molar-refractivity contribution in [3.05, 3.63) is 279 Å². The first-order valence-corrected chi connectivity index (χ1v) is 31.0. The standard InChI is InChI=1S/C80H70N4O8S/c1-85-69-33-15-57(16-34-69)81(58-17-35-70(86-2)36-18-58)65-13-9-11-55(51-65)77-53-67(83(61-23-41-73(89-5)42-24-61)62-25-43-74(90-6)44-26-62)31-49-79(77)93-80-50-32-68(84(63-27-45-75(91-7)46-28-63)64-29-47-76(92-8)48-30-64)54-78(80)56-12-10-14-66(52-56)82(59-19-37-71(87-3)38-20-59)60-21-39-72(88-4)40-22-60/h9-54H,1-8H3. The molecular weight excluding hydrogens is 1180 g/mol. The summed E-state index contributed by atoms with van der Waals surface area (Å²) in [6.07, 6.45) is 0. The second-order valence-electron chi connectivity index (χ2n) is 21.5. The van der Waals surface area contributed by atoms with Gasteiger partial charge >= 0.3 is 0 Å². The van der Waals surface area contributed by atoms with Crippen molar-refractivity contribution in [3.8, 4) is 68.2 Å². The Morgan fingerprint density at radius 2 is 0.376 bits per heavy atom. The Morgan fingerprint density at radius 1 is 0.194 bits per heavy atom. The van der Waals surface area contributed by atoms with Crippen molar-refractivity contribution in [1.29, 1.82) is 0 Å². The first-order valence-electron chi connectivity index (χ1n) is 30.2. The van der Waals surface area contributed by atoms with Gasteiger partial charge in [0.15, 0.2) is 0 Å². The van der Waals surface area contributed by atoms with Crippen LogP contribution < -0.4 is 57.5 Å². The van der Waals surface area contributed by atoms with E-state index in [-0.39, 0.29) is 0 Å². The fourth-order valence-corrected chi connectivity index (χ4v) is 12.4. The number of hydrogen-bond acceptors (Lipinski definition) is 13. The van der Waals surface area contributed by atoms with Crippen molar-refractivity contribution in [3.63, 3.8) is 0 Å². The maximum Gasteiger partial charge on any atom is 0.119 e. The SMILES string of the molecule is COc1ccc(N(c2ccc(OC)cc2)c2cccc(-c3cc(N(c4ccc(OC)cc4)c4ccc(OC)cc4)ccc3Sc3ccc(N(c4ccc(OC)cc4)c4ccc(OC)cc4)cc3-c3cccc(N(c4ccc(OC)cc4)c4ccc(OC)cc4)c3)c2)cc1. The van der Waals surface area contributed by atoms with E-state index in [4.69, 9.17) is 37.9 Å². The molecule has 0 aliphatic heterocycles. The van der Waals surface area contributed by atoms with Gasteiger partial charge in [0.2, 0.25) is 0 Å². The predicted molar refractivity (Wildman–Crippen MR) is 379 cm³/mol. The van der Waals surface area contributed by atoms with Crippen molar-refractivity contribution >= 4 is 80.0 Å². The smallest absolute Gasteiger partial charge is 0.119 e. The molecule has 12 nitrogen and oxygen atoms in total. The van der Waals surface area contributed by atoms with Crippen LogP contribution in [0, 0.1) is 0 Å². The van der Waals surface area contributed by atoms with Gasteiger partial charge in [0.25, 0.3) is 0 Å². The van der Waals surface area contributed by atoms with E-state index in [1.807, 2.05) is 97.1 Å². The van der Waals surface area contributed by atoms with Crippen LogP contribution in [0.3, 0.4) is 0 Å². The number of nitrogens with zero attached hydrogens (tertiary/aromatic N) is 4. The minimum Gasteiger partial charge on any atom is -0.497 e. The molecule has 0 saturated carbocycles. The highest BCUT2D eigenvalue weighted by Gasteiger charge is 2.23. The maximum absolute atomic E-state index is 5.68. The summed E-state index contributed by atoms with van der Waals surface area (Å²) in [6.45, 7) is 0. The minimum atomic E-state index is 0.758. The fraction of sp³-hybridized carbons (Fsp3) is 0.100. The monoisotopic (exact) mass is 1250 g/mol. The summed E-state index contributed by atoms with van der Waals surface area (Å²) in [5.41, 5.74) is 15.4. The van der Waals surface area contributed by atoms with Gasteiger partial charge < -0.3 is 57.5 Å². The molecule has 0 bridgehead atoms. The lowest BCUT2D eigenvalue weighted by Crippen LogP contribution is -2.11. The second-order valence-corrected chi connectivity index (χ2v) is 22.6. The molecule has 0 unspecified atom stereocenters. The zero-order valence-electron chi connectivity index (χ0n) is 53.0. The Bertz CT molecular complexity index is 3960.